The number of aryl methyl sites for hydroxylation is 1. The Labute approximate surface area is 111 Å². The zero-order valence-electron chi connectivity index (χ0n) is 9.90. The number of hydrogen-bond donors (Lipinski definition) is 2. The van der Waals surface area contributed by atoms with Crippen molar-refractivity contribution < 1.29 is 13.2 Å². The first-order valence-corrected chi connectivity index (χ1v) is 6.14. The highest BCUT2D eigenvalue weighted by Gasteiger charge is 2.35. The van der Waals surface area contributed by atoms with Crippen molar-refractivity contribution in [3.63, 3.8) is 0 Å². The number of thiazole rings is 1. The van der Waals surface area contributed by atoms with E-state index >= 15 is 0 Å². The van der Waals surface area contributed by atoms with Gasteiger partial charge in [0.15, 0.2) is 0 Å². The minimum Gasteiger partial charge on any atom is -0.271 e. The summed E-state index contributed by atoms with van der Waals surface area (Å²) in [6.45, 7) is 1.77. The number of alkyl halides is 3. The van der Waals surface area contributed by atoms with Crippen LogP contribution in [-0.2, 0) is 6.18 Å². The van der Waals surface area contributed by atoms with E-state index in [0.29, 0.717) is 4.88 Å². The molecule has 3 N–H and O–H groups in total. The van der Waals surface area contributed by atoms with E-state index in [1.165, 1.54) is 23.7 Å². The van der Waals surface area contributed by atoms with Gasteiger partial charge in [0, 0.05) is 29.0 Å². The number of nitrogens with two attached hydrogens (primary N) is 1. The number of nitrogens with zero attached hydrogens (tertiary/aromatic N) is 2. The van der Waals surface area contributed by atoms with Gasteiger partial charge in [-0.25, -0.2) is 10.4 Å². The first-order valence-electron chi connectivity index (χ1n) is 5.33. The minimum absolute atomic E-state index is 0.0128. The molecule has 0 bridgehead atoms. The van der Waals surface area contributed by atoms with Gasteiger partial charge in [0.05, 0.1) is 16.6 Å². The Morgan fingerprint density at radius 1 is 1.37 bits per heavy atom. The van der Waals surface area contributed by atoms with Crippen molar-refractivity contribution in [2.75, 3.05) is 0 Å². The highest BCUT2D eigenvalue weighted by molar-refractivity contribution is 7.11. The second-order valence-electron chi connectivity index (χ2n) is 3.84. The summed E-state index contributed by atoms with van der Waals surface area (Å²) in [5.74, 6) is 5.39. The number of hydrogen-bond acceptors (Lipinski definition) is 5. The Bertz CT molecular complexity index is 567. The molecule has 2 heterocycles. The van der Waals surface area contributed by atoms with Gasteiger partial charge in [-0.15, -0.1) is 11.3 Å². The van der Waals surface area contributed by atoms with Crippen LogP contribution in [0.1, 0.15) is 27.1 Å². The number of nitrogens with one attached hydrogen (secondary N) is 1. The van der Waals surface area contributed by atoms with Crippen LogP contribution in [0.3, 0.4) is 0 Å². The van der Waals surface area contributed by atoms with Gasteiger partial charge < -0.3 is 0 Å². The molecule has 0 radical (unpaired) electrons. The molecule has 0 saturated heterocycles. The van der Waals surface area contributed by atoms with Crippen molar-refractivity contribution in [2.24, 2.45) is 5.84 Å². The summed E-state index contributed by atoms with van der Waals surface area (Å²) in [4.78, 5) is 8.38. The van der Waals surface area contributed by atoms with Crippen molar-refractivity contribution in [3.8, 4) is 0 Å². The van der Waals surface area contributed by atoms with E-state index in [-0.39, 0.29) is 5.56 Å². The topological polar surface area (TPSA) is 63.8 Å². The maximum atomic E-state index is 13.0. The number of aromatic nitrogens is 2. The molecule has 0 aliphatic carbocycles. The molecule has 0 aliphatic heterocycles. The Morgan fingerprint density at radius 2 is 2.11 bits per heavy atom. The second-order valence-corrected chi connectivity index (χ2v) is 5.11. The van der Waals surface area contributed by atoms with Gasteiger partial charge in [-0.2, -0.15) is 13.2 Å². The molecule has 2 aromatic rings. The fourth-order valence-electron chi connectivity index (χ4n) is 1.73. The van der Waals surface area contributed by atoms with Crippen LogP contribution in [0.2, 0.25) is 0 Å². The summed E-state index contributed by atoms with van der Waals surface area (Å²) in [6.07, 6.45) is -0.662. The second kappa shape index (κ2) is 5.24. The lowest BCUT2D eigenvalue weighted by atomic mass is 10.0. The molecule has 2 rings (SSSR count). The van der Waals surface area contributed by atoms with Crippen LogP contribution >= 0.6 is 11.3 Å². The molecule has 0 spiro atoms. The van der Waals surface area contributed by atoms with E-state index < -0.39 is 17.8 Å². The maximum absolute atomic E-state index is 13.0. The molecule has 102 valence electrons. The molecule has 0 aromatic carbocycles. The summed E-state index contributed by atoms with van der Waals surface area (Å²) in [5, 5.41) is 0.757. The number of halogens is 3. The van der Waals surface area contributed by atoms with Gasteiger partial charge in [-0.1, -0.05) is 0 Å². The quantitative estimate of drug-likeness (QED) is 0.672. The van der Waals surface area contributed by atoms with Crippen LogP contribution in [0.5, 0.6) is 0 Å². The van der Waals surface area contributed by atoms with Crippen molar-refractivity contribution in [3.05, 3.63) is 45.7 Å². The van der Waals surface area contributed by atoms with Crippen LogP contribution in [0.15, 0.2) is 24.7 Å². The van der Waals surface area contributed by atoms with Crippen molar-refractivity contribution in [1.29, 1.82) is 0 Å². The molecular formula is C11H11F3N4S. The lowest BCUT2D eigenvalue weighted by Crippen LogP contribution is -2.30. The minimum atomic E-state index is -4.45. The van der Waals surface area contributed by atoms with Gasteiger partial charge in [0.2, 0.25) is 0 Å². The van der Waals surface area contributed by atoms with Gasteiger partial charge >= 0.3 is 6.18 Å². The average Bonchev–Trinajstić information content (AvgIpc) is 2.76. The molecule has 19 heavy (non-hydrogen) atoms. The largest absolute Gasteiger partial charge is 0.416 e. The Kier molecular flexibility index (Phi) is 3.83. The van der Waals surface area contributed by atoms with Crippen LogP contribution in [0, 0.1) is 6.92 Å². The molecule has 1 unspecified atom stereocenters. The molecule has 0 amide bonds. The molecule has 8 heteroatoms. The Morgan fingerprint density at radius 3 is 2.63 bits per heavy atom. The highest BCUT2D eigenvalue weighted by Crippen LogP contribution is 2.36. The highest BCUT2D eigenvalue weighted by atomic mass is 32.1. The van der Waals surface area contributed by atoms with Gasteiger partial charge in [0.1, 0.15) is 0 Å². The van der Waals surface area contributed by atoms with E-state index in [1.807, 2.05) is 0 Å². The zero-order chi connectivity index (χ0) is 14.0. The monoisotopic (exact) mass is 288 g/mol. The van der Waals surface area contributed by atoms with E-state index in [2.05, 4.69) is 15.4 Å². The van der Waals surface area contributed by atoms with Crippen LogP contribution < -0.4 is 11.3 Å². The maximum Gasteiger partial charge on any atom is 0.416 e. The SMILES string of the molecule is Cc1ncc(C(NN)c2cnccc2C(F)(F)F)s1. The molecule has 1 atom stereocenters. The van der Waals surface area contributed by atoms with E-state index in [1.54, 1.807) is 6.92 Å². The van der Waals surface area contributed by atoms with Gasteiger partial charge in [-0.05, 0) is 13.0 Å². The standard InChI is InChI=1S/C11H11F3N4S/c1-6-17-5-9(19-6)10(18-15)7-4-16-3-2-8(7)11(12,13)14/h2-5,10,18H,15H2,1H3. The third kappa shape index (κ3) is 2.91. The predicted molar refractivity (Wildman–Crippen MR) is 65.3 cm³/mol. The normalized spacial score (nSPS) is 13.5. The fraction of sp³-hybridized carbons (Fsp3) is 0.273. The summed E-state index contributed by atoms with van der Waals surface area (Å²) < 4.78 is 38.9. The molecular weight excluding hydrogens is 277 g/mol. The number of pyridine rings is 1. The van der Waals surface area contributed by atoms with Crippen molar-refractivity contribution in [1.82, 2.24) is 15.4 Å². The molecule has 0 fully saturated rings. The van der Waals surface area contributed by atoms with Gasteiger partial charge in [0.25, 0.3) is 0 Å². The van der Waals surface area contributed by atoms with Crippen LogP contribution in [0.4, 0.5) is 13.2 Å². The van der Waals surface area contributed by atoms with E-state index in [9.17, 15) is 13.2 Å². The third-order valence-corrected chi connectivity index (χ3v) is 3.54. The van der Waals surface area contributed by atoms with Gasteiger partial charge in [-0.3, -0.25) is 10.8 Å². The van der Waals surface area contributed by atoms with Crippen LogP contribution in [-0.4, -0.2) is 9.97 Å². The Balaban J connectivity index is 2.50. The van der Waals surface area contributed by atoms with Crippen molar-refractivity contribution in [2.45, 2.75) is 19.1 Å². The summed E-state index contributed by atoms with van der Waals surface area (Å²) in [6, 6.07) is 0.157. The lowest BCUT2D eigenvalue weighted by molar-refractivity contribution is -0.138. The fourth-order valence-corrected chi connectivity index (χ4v) is 2.60. The lowest BCUT2D eigenvalue weighted by Gasteiger charge is -2.19. The molecule has 0 aliphatic rings. The smallest absolute Gasteiger partial charge is 0.271 e. The summed E-state index contributed by atoms with van der Waals surface area (Å²) >= 11 is 1.29. The average molecular weight is 288 g/mol. The molecule has 2 aromatic heterocycles. The number of hydrazine groups is 1. The van der Waals surface area contributed by atoms with Crippen LogP contribution in [0.25, 0.3) is 0 Å². The number of rotatable bonds is 3. The molecule has 0 saturated carbocycles. The predicted octanol–water partition coefficient (Wildman–Crippen LogP) is 2.42. The summed E-state index contributed by atoms with van der Waals surface area (Å²) in [7, 11) is 0. The first kappa shape index (κ1) is 13.9. The van der Waals surface area contributed by atoms with E-state index in [4.69, 9.17) is 5.84 Å². The zero-order valence-corrected chi connectivity index (χ0v) is 10.7. The van der Waals surface area contributed by atoms with E-state index in [0.717, 1.165) is 17.3 Å². The first-order chi connectivity index (χ1) is 8.93. The molecule has 4 nitrogen and oxygen atoms in total. The van der Waals surface area contributed by atoms with Crippen molar-refractivity contribution >= 4 is 11.3 Å². The summed E-state index contributed by atoms with van der Waals surface area (Å²) in [5.41, 5.74) is 1.62. The third-order valence-electron chi connectivity index (χ3n) is 2.56. The Hall–Kier alpha value is -1.51.